The number of carbonyl (C=O) groups is 4. The molecule has 8 heterocycles. The van der Waals surface area contributed by atoms with Crippen molar-refractivity contribution in [3.8, 4) is 0 Å². The van der Waals surface area contributed by atoms with Crippen molar-refractivity contribution in [2.75, 3.05) is 107 Å². The molecule has 0 spiro atoms. The lowest BCUT2D eigenvalue weighted by molar-refractivity contribution is 0.0641. The Balaban J connectivity index is 0.000000136. The molecule has 4 amide bonds. The molecule has 8 aromatic rings. The number of aromatic nitrogens is 4. The molecule has 20 nitrogen and oxygen atoms in total. The summed E-state index contributed by atoms with van der Waals surface area (Å²) in [6.07, 6.45) is 34.5. The summed E-state index contributed by atoms with van der Waals surface area (Å²) in [4.78, 5) is 119. The second-order valence-electron chi connectivity index (χ2n) is 34.2. The molecule has 620 valence electrons. The van der Waals surface area contributed by atoms with E-state index in [1.165, 1.54) is 47.1 Å². The highest BCUT2D eigenvalue weighted by Gasteiger charge is 2.33. The summed E-state index contributed by atoms with van der Waals surface area (Å²) >= 11 is 0. The van der Waals surface area contributed by atoms with Crippen LogP contribution in [0.25, 0.3) is 24.3 Å². The number of benzene rings is 4. The number of carbonyl (C=O) groups excluding carboxylic acids is 4. The lowest BCUT2D eigenvalue weighted by Gasteiger charge is -2.37. The second-order valence-corrected chi connectivity index (χ2v) is 34.2. The Morgan fingerprint density at radius 2 is 0.669 bits per heavy atom. The summed E-state index contributed by atoms with van der Waals surface area (Å²) in [6, 6.07) is 38.8. The maximum absolute atomic E-state index is 13.2. The number of hydrogen-bond donors (Lipinski definition) is 0. The average Bonchev–Trinajstić information content (AvgIpc) is 1.59. The first kappa shape index (κ1) is 85.2. The van der Waals surface area contributed by atoms with Crippen LogP contribution in [0.1, 0.15) is 171 Å². The fourth-order valence-electron chi connectivity index (χ4n) is 18.3. The van der Waals surface area contributed by atoms with Gasteiger partial charge in [0, 0.05) is 168 Å². The zero-order chi connectivity index (χ0) is 83.3. The van der Waals surface area contributed by atoms with E-state index in [1.54, 1.807) is 57.5 Å². The predicted molar refractivity (Wildman–Crippen MR) is 473 cm³/mol. The Hall–Kier alpha value is -10.6. The van der Waals surface area contributed by atoms with Crippen molar-refractivity contribution in [2.24, 2.45) is 45.9 Å². The predicted octanol–water partition coefficient (Wildman–Crippen LogP) is 12.2. The molecular weight excluding hydrogens is 1470 g/mol. The van der Waals surface area contributed by atoms with Crippen molar-refractivity contribution < 1.29 is 19.2 Å². The van der Waals surface area contributed by atoms with Crippen LogP contribution in [0.2, 0.25) is 0 Å². The van der Waals surface area contributed by atoms with E-state index in [1.807, 2.05) is 96.4 Å². The van der Waals surface area contributed by atoms with Crippen LogP contribution >= 0.6 is 0 Å². The molecule has 0 radical (unpaired) electrons. The molecule has 4 aliphatic carbocycles. The largest absolute Gasteiger partial charge is 0.341 e. The molecule has 0 unspecified atom stereocenters. The number of amides is 4. The van der Waals surface area contributed by atoms with Crippen LogP contribution in [-0.4, -0.2) is 194 Å². The van der Waals surface area contributed by atoms with Gasteiger partial charge in [0.1, 0.15) is 0 Å². The van der Waals surface area contributed by atoms with Crippen LogP contribution in [0.15, 0.2) is 177 Å². The summed E-state index contributed by atoms with van der Waals surface area (Å²) in [5.74, 6) is 1.60. The minimum atomic E-state index is -0.00464. The summed E-state index contributed by atoms with van der Waals surface area (Å²) in [6.45, 7) is 19.1. The van der Waals surface area contributed by atoms with Crippen LogP contribution in [0.4, 0.5) is 0 Å². The fourth-order valence-corrected chi connectivity index (χ4v) is 18.3. The fraction of sp³-hybridized carbons (Fsp3) is 0.429. The highest BCUT2D eigenvalue weighted by molar-refractivity contribution is 6.01. The number of likely N-dealkylation sites (tertiary alicyclic amines) is 4. The molecule has 4 aliphatic heterocycles. The maximum Gasteiger partial charge on any atom is 0.255 e. The molecule has 0 saturated carbocycles. The number of fused-ring (bicyclic) bond motifs is 4. The van der Waals surface area contributed by atoms with Gasteiger partial charge >= 0.3 is 0 Å². The standard InChI is InChI=1S/2C25H31N3O2.2C24H29N3O2/c1-18-7-4-5-8-20(18)16-28-13-11-19(12-14-28)15-26(2)25(30)23-17-27(3)24(29)22-10-6-9-21(22)23;1-18-7-9-19(10-8-18)16-28-13-11-20(12-14-28)15-26(2)25(30)23-17-27(3)24(29)22-6-4-5-21(22)23;1-25-17-22(20-9-6-10-21(20)23(25)28)24(29)26(2)19-12-15-27(16-13-19)14-11-18-7-4-3-5-8-18;1-25(24(29)22-17-26(2)23(28)21-10-6-9-20(21)22)15-19-11-13-27(14-12-19)16-18-7-4-3-5-8-18/h4-9,17,19H,10-16H2,1-3H3;4-5,7-10,17,20H,6,11-16H2,1-3H3;2*3-9,17,19H,10-16H2,1-2H3. The van der Waals surface area contributed by atoms with E-state index in [4.69, 9.17) is 0 Å². The third-order valence-electron chi connectivity index (χ3n) is 25.6. The number of pyridine rings is 4. The molecule has 20 heteroatoms. The lowest BCUT2D eigenvalue weighted by Crippen LogP contribution is -2.46. The van der Waals surface area contributed by atoms with Gasteiger partial charge in [-0.1, -0.05) is 163 Å². The molecule has 4 fully saturated rings. The minimum Gasteiger partial charge on any atom is -0.341 e. The smallest absolute Gasteiger partial charge is 0.255 e. The number of aryl methyl sites for hydroxylation is 6. The Morgan fingerprint density at radius 1 is 0.356 bits per heavy atom. The Labute approximate surface area is 696 Å². The molecule has 4 aromatic heterocycles. The van der Waals surface area contributed by atoms with E-state index in [9.17, 15) is 38.4 Å². The number of nitrogens with zero attached hydrogens (tertiary/aromatic N) is 12. The van der Waals surface area contributed by atoms with E-state index in [-0.39, 0.29) is 51.9 Å². The zero-order valence-electron chi connectivity index (χ0n) is 71.1. The third-order valence-corrected chi connectivity index (χ3v) is 25.6. The molecule has 118 heavy (non-hydrogen) atoms. The number of allylic oxidation sites excluding steroid dienone is 4. The Morgan fingerprint density at radius 3 is 1.03 bits per heavy atom. The molecule has 4 aromatic carbocycles. The molecule has 8 aliphatic rings. The summed E-state index contributed by atoms with van der Waals surface area (Å²) < 4.78 is 6.15. The van der Waals surface area contributed by atoms with Crippen LogP contribution in [0.3, 0.4) is 0 Å². The lowest BCUT2D eigenvalue weighted by atomic mass is 9.95. The maximum atomic E-state index is 13.2. The molecule has 16 rings (SSSR count). The van der Waals surface area contributed by atoms with E-state index < -0.39 is 0 Å². The van der Waals surface area contributed by atoms with E-state index in [0.29, 0.717) is 65.7 Å². The summed E-state index contributed by atoms with van der Waals surface area (Å²) in [7, 11) is 14.5. The van der Waals surface area contributed by atoms with Crippen LogP contribution in [0, 0.1) is 31.6 Å². The van der Waals surface area contributed by atoms with Crippen molar-refractivity contribution in [3.63, 3.8) is 0 Å². The van der Waals surface area contributed by atoms with Gasteiger partial charge in [0.05, 0.1) is 22.3 Å². The van der Waals surface area contributed by atoms with Crippen LogP contribution in [-0.2, 0) is 79.9 Å². The first-order valence-electron chi connectivity index (χ1n) is 42.6. The molecule has 4 saturated heterocycles. The van der Waals surface area contributed by atoms with Gasteiger partial charge in [-0.3, -0.25) is 53.1 Å². The summed E-state index contributed by atoms with van der Waals surface area (Å²) in [5.41, 5.74) is 16.9. The highest BCUT2D eigenvalue weighted by atomic mass is 16.2. The van der Waals surface area contributed by atoms with Crippen LogP contribution in [0.5, 0.6) is 0 Å². The van der Waals surface area contributed by atoms with Gasteiger partial charge in [0.25, 0.3) is 45.9 Å². The van der Waals surface area contributed by atoms with Gasteiger partial charge in [-0.15, -0.1) is 0 Å². The van der Waals surface area contributed by atoms with Gasteiger partial charge in [-0.05, 0) is 204 Å². The van der Waals surface area contributed by atoms with Crippen molar-refractivity contribution in [1.29, 1.82) is 0 Å². The monoisotopic (exact) mass is 1590 g/mol. The van der Waals surface area contributed by atoms with Crippen molar-refractivity contribution in [2.45, 2.75) is 123 Å². The van der Waals surface area contributed by atoms with Gasteiger partial charge in [0.2, 0.25) is 0 Å². The first-order valence-corrected chi connectivity index (χ1v) is 42.6. The first-order chi connectivity index (χ1) is 56.9. The van der Waals surface area contributed by atoms with Crippen molar-refractivity contribution in [1.82, 2.24) is 57.5 Å². The van der Waals surface area contributed by atoms with Gasteiger partial charge < -0.3 is 42.8 Å². The third kappa shape index (κ3) is 20.7. The topological polar surface area (TPSA) is 182 Å². The Bertz CT molecular complexity index is 5290. The van der Waals surface area contributed by atoms with E-state index in [0.717, 1.165) is 200 Å². The normalized spacial score (nSPS) is 16.7. The van der Waals surface area contributed by atoms with Gasteiger partial charge in [-0.2, -0.15) is 0 Å². The van der Waals surface area contributed by atoms with Crippen molar-refractivity contribution >= 4 is 47.9 Å². The quantitative estimate of drug-likeness (QED) is 0.0705. The average molecular weight is 1590 g/mol. The van der Waals surface area contributed by atoms with Gasteiger partial charge in [-0.25, -0.2) is 0 Å². The zero-order valence-corrected chi connectivity index (χ0v) is 71.1. The second kappa shape index (κ2) is 39.3. The SMILES string of the molecule is CN(C(=O)c1cn(C)c(=O)c2c1C=CC2)C1CCN(CCc2ccccc2)CC1.CN(CC1CCN(Cc2ccccc2)CC1)C(=O)c1cn(C)c(=O)c2c1C=CC2.Cc1ccc(CN2CCC(CN(C)C(=O)c3cn(C)c(=O)c4c3C=CC4)CC2)cc1.Cc1ccccc1CN1CCC(CN(C)C(=O)c2cn(C)c(=O)c3c2C=CC3)CC1. The van der Waals surface area contributed by atoms with E-state index in [2.05, 4.69) is 143 Å². The van der Waals surface area contributed by atoms with Crippen molar-refractivity contribution in [3.05, 3.63) is 300 Å². The molecule has 0 N–H and O–H groups in total. The molecular formula is C98H120N12O8. The van der Waals surface area contributed by atoms with Crippen LogP contribution < -0.4 is 22.2 Å². The van der Waals surface area contributed by atoms with Gasteiger partial charge in [0.15, 0.2) is 0 Å². The number of piperidine rings is 4. The molecule has 0 bridgehead atoms. The number of rotatable bonds is 20. The molecule has 0 atom stereocenters. The Kier molecular flexibility index (Phi) is 28.4. The summed E-state index contributed by atoms with van der Waals surface area (Å²) in [5, 5.41) is 0. The number of hydrogen-bond acceptors (Lipinski definition) is 12. The van der Waals surface area contributed by atoms with E-state index >= 15 is 0 Å². The minimum absolute atomic E-state index is 0.00377. The highest BCUT2D eigenvalue weighted by Crippen LogP contribution is 2.31.